The van der Waals surface area contributed by atoms with Crippen LogP contribution in [-0.2, 0) is 16.6 Å². The quantitative estimate of drug-likeness (QED) is 0.713. The van der Waals surface area contributed by atoms with E-state index in [0.29, 0.717) is 35.7 Å². The fourth-order valence-electron chi connectivity index (χ4n) is 1.59. The van der Waals surface area contributed by atoms with Crippen molar-refractivity contribution in [3.05, 3.63) is 28.8 Å². The molecule has 0 radical (unpaired) electrons. The van der Waals surface area contributed by atoms with Crippen LogP contribution in [0.5, 0.6) is 5.75 Å². The molecule has 0 saturated carbocycles. The van der Waals surface area contributed by atoms with E-state index in [9.17, 15) is 8.42 Å². The number of hydrogen-bond acceptors (Lipinski definition) is 4. The third kappa shape index (κ3) is 5.36. The standard InChI is InChI=1S/C12H19ClN2O3S/c1-18-12-6-4-5-11(13)10(12)9-15-19(16,17)8-3-2-7-14/h4-6,15H,2-3,7-9,14H2,1H3. The van der Waals surface area contributed by atoms with Crippen molar-refractivity contribution in [2.24, 2.45) is 5.73 Å². The number of nitrogens with two attached hydrogens (primary N) is 1. The third-order valence-corrected chi connectivity index (χ3v) is 4.40. The van der Waals surface area contributed by atoms with Gasteiger partial charge in [-0.2, -0.15) is 0 Å². The van der Waals surface area contributed by atoms with Crippen molar-refractivity contribution in [2.45, 2.75) is 19.4 Å². The highest BCUT2D eigenvalue weighted by molar-refractivity contribution is 7.89. The van der Waals surface area contributed by atoms with Crippen molar-refractivity contribution < 1.29 is 13.2 Å². The van der Waals surface area contributed by atoms with E-state index in [1.165, 1.54) is 7.11 Å². The second-order valence-electron chi connectivity index (χ2n) is 4.06. The first kappa shape index (κ1) is 16.2. The van der Waals surface area contributed by atoms with Crippen molar-refractivity contribution in [3.63, 3.8) is 0 Å². The molecule has 1 rings (SSSR count). The Morgan fingerprint density at radius 3 is 2.74 bits per heavy atom. The number of sulfonamides is 1. The summed E-state index contributed by atoms with van der Waals surface area (Å²) in [7, 11) is -1.79. The maximum atomic E-state index is 11.8. The zero-order valence-electron chi connectivity index (χ0n) is 10.9. The lowest BCUT2D eigenvalue weighted by molar-refractivity contribution is 0.409. The minimum Gasteiger partial charge on any atom is -0.496 e. The predicted octanol–water partition coefficient (Wildman–Crippen LogP) is 1.51. The highest BCUT2D eigenvalue weighted by Gasteiger charge is 2.13. The van der Waals surface area contributed by atoms with E-state index in [-0.39, 0.29) is 12.3 Å². The number of halogens is 1. The van der Waals surface area contributed by atoms with Crippen molar-refractivity contribution in [2.75, 3.05) is 19.4 Å². The molecule has 0 bridgehead atoms. The molecular weight excluding hydrogens is 288 g/mol. The molecule has 1 aromatic carbocycles. The van der Waals surface area contributed by atoms with E-state index >= 15 is 0 Å². The molecule has 0 aliphatic rings. The van der Waals surface area contributed by atoms with E-state index in [0.717, 1.165) is 0 Å². The van der Waals surface area contributed by atoms with Crippen LogP contribution in [0.4, 0.5) is 0 Å². The van der Waals surface area contributed by atoms with Crippen molar-refractivity contribution in [1.82, 2.24) is 4.72 Å². The Balaban J connectivity index is 2.66. The molecule has 3 N–H and O–H groups in total. The zero-order chi connectivity index (χ0) is 14.3. The second kappa shape index (κ2) is 7.69. The van der Waals surface area contributed by atoms with Crippen molar-refractivity contribution in [1.29, 1.82) is 0 Å². The SMILES string of the molecule is COc1cccc(Cl)c1CNS(=O)(=O)CCCCN. The first-order chi connectivity index (χ1) is 9.00. The Labute approximate surface area is 119 Å². The van der Waals surface area contributed by atoms with E-state index in [1.54, 1.807) is 18.2 Å². The Kier molecular flexibility index (Phi) is 6.57. The van der Waals surface area contributed by atoms with Crippen LogP contribution in [0, 0.1) is 0 Å². The Morgan fingerprint density at radius 1 is 1.37 bits per heavy atom. The molecule has 0 aliphatic heterocycles. The van der Waals surface area contributed by atoms with Crippen LogP contribution in [0.15, 0.2) is 18.2 Å². The molecule has 1 aromatic rings. The minimum absolute atomic E-state index is 0.0664. The molecule has 0 spiro atoms. The number of benzene rings is 1. The molecule has 0 aliphatic carbocycles. The van der Waals surface area contributed by atoms with E-state index < -0.39 is 10.0 Å². The topological polar surface area (TPSA) is 81.4 Å². The smallest absolute Gasteiger partial charge is 0.211 e. The Bertz CT molecular complexity index is 506. The summed E-state index contributed by atoms with van der Waals surface area (Å²) in [5.74, 6) is 0.633. The Hall–Kier alpha value is -0.820. The molecule has 0 fully saturated rings. The maximum absolute atomic E-state index is 11.8. The van der Waals surface area contributed by atoms with Crippen LogP contribution in [0.1, 0.15) is 18.4 Å². The summed E-state index contributed by atoms with van der Waals surface area (Å²) in [5.41, 5.74) is 5.96. The minimum atomic E-state index is -3.31. The van der Waals surface area contributed by atoms with E-state index in [4.69, 9.17) is 22.1 Å². The molecule has 0 amide bonds. The molecular formula is C12H19ClN2O3S. The van der Waals surface area contributed by atoms with Gasteiger partial charge in [-0.3, -0.25) is 0 Å². The van der Waals surface area contributed by atoms with Gasteiger partial charge in [0.25, 0.3) is 0 Å². The number of rotatable bonds is 8. The monoisotopic (exact) mass is 306 g/mol. The number of hydrogen-bond donors (Lipinski definition) is 2. The number of nitrogens with one attached hydrogen (secondary N) is 1. The molecule has 7 heteroatoms. The molecule has 0 atom stereocenters. The van der Waals surface area contributed by atoms with Crippen LogP contribution in [0.3, 0.4) is 0 Å². The van der Waals surface area contributed by atoms with Crippen LogP contribution in [-0.4, -0.2) is 27.8 Å². The molecule has 0 saturated heterocycles. The highest BCUT2D eigenvalue weighted by Crippen LogP contribution is 2.26. The van der Waals surface area contributed by atoms with Crippen LogP contribution in [0.2, 0.25) is 5.02 Å². The van der Waals surface area contributed by atoms with Crippen molar-refractivity contribution in [3.8, 4) is 5.75 Å². The molecule has 19 heavy (non-hydrogen) atoms. The van der Waals surface area contributed by atoms with Crippen molar-refractivity contribution >= 4 is 21.6 Å². The average molecular weight is 307 g/mol. The van der Waals surface area contributed by atoms with Gasteiger partial charge < -0.3 is 10.5 Å². The van der Waals surface area contributed by atoms with Gasteiger partial charge in [0, 0.05) is 17.1 Å². The van der Waals surface area contributed by atoms with Gasteiger partial charge in [0.15, 0.2) is 0 Å². The second-order valence-corrected chi connectivity index (χ2v) is 6.39. The van der Waals surface area contributed by atoms with E-state index in [2.05, 4.69) is 4.72 Å². The lowest BCUT2D eigenvalue weighted by atomic mass is 10.2. The normalized spacial score (nSPS) is 11.5. The summed E-state index contributed by atoms with van der Waals surface area (Å²) >= 11 is 6.03. The summed E-state index contributed by atoms with van der Waals surface area (Å²) in [6.07, 6.45) is 1.24. The number of ether oxygens (including phenoxy) is 1. The van der Waals surface area contributed by atoms with Gasteiger partial charge in [-0.05, 0) is 31.5 Å². The van der Waals surface area contributed by atoms with Gasteiger partial charge in [-0.1, -0.05) is 17.7 Å². The number of methoxy groups -OCH3 is 1. The van der Waals surface area contributed by atoms with Crippen LogP contribution >= 0.6 is 11.6 Å². The molecule has 0 heterocycles. The number of unbranched alkanes of at least 4 members (excludes halogenated alkanes) is 1. The molecule has 0 unspecified atom stereocenters. The largest absolute Gasteiger partial charge is 0.496 e. The summed E-state index contributed by atoms with van der Waals surface area (Å²) < 4.78 is 31.2. The fraction of sp³-hybridized carbons (Fsp3) is 0.500. The molecule has 0 aromatic heterocycles. The lowest BCUT2D eigenvalue weighted by Crippen LogP contribution is -2.26. The first-order valence-corrected chi connectivity index (χ1v) is 8.02. The van der Waals surface area contributed by atoms with Gasteiger partial charge in [0.2, 0.25) is 10.0 Å². The van der Waals surface area contributed by atoms with Crippen LogP contribution < -0.4 is 15.2 Å². The van der Waals surface area contributed by atoms with Gasteiger partial charge in [0.1, 0.15) is 5.75 Å². The molecule has 108 valence electrons. The highest BCUT2D eigenvalue weighted by atomic mass is 35.5. The lowest BCUT2D eigenvalue weighted by Gasteiger charge is -2.11. The summed E-state index contributed by atoms with van der Waals surface area (Å²) in [6, 6.07) is 5.19. The Morgan fingerprint density at radius 2 is 2.11 bits per heavy atom. The van der Waals surface area contributed by atoms with E-state index in [1.807, 2.05) is 0 Å². The van der Waals surface area contributed by atoms with Gasteiger partial charge in [0.05, 0.1) is 12.9 Å². The third-order valence-electron chi connectivity index (χ3n) is 2.63. The summed E-state index contributed by atoms with van der Waals surface area (Å²) in [5, 5.41) is 0.476. The van der Waals surface area contributed by atoms with Gasteiger partial charge in [-0.25, -0.2) is 13.1 Å². The predicted molar refractivity (Wildman–Crippen MR) is 76.9 cm³/mol. The zero-order valence-corrected chi connectivity index (χ0v) is 12.4. The van der Waals surface area contributed by atoms with Crippen LogP contribution in [0.25, 0.3) is 0 Å². The maximum Gasteiger partial charge on any atom is 0.211 e. The van der Waals surface area contributed by atoms with Gasteiger partial charge in [-0.15, -0.1) is 0 Å². The summed E-state index contributed by atoms with van der Waals surface area (Å²) in [6.45, 7) is 0.613. The molecule has 5 nitrogen and oxygen atoms in total. The first-order valence-electron chi connectivity index (χ1n) is 5.99. The average Bonchev–Trinajstić information content (AvgIpc) is 2.37. The van der Waals surface area contributed by atoms with Gasteiger partial charge >= 0.3 is 0 Å². The summed E-state index contributed by atoms with van der Waals surface area (Å²) in [4.78, 5) is 0. The fourth-order valence-corrected chi connectivity index (χ4v) is 2.92.